The Kier molecular flexibility index (Phi) is 5.19. The molecule has 2 aliphatic heterocycles. The summed E-state index contributed by atoms with van der Waals surface area (Å²) in [5, 5.41) is 11.3. The summed E-state index contributed by atoms with van der Waals surface area (Å²) in [5.74, 6) is 0. The minimum Gasteiger partial charge on any atom is -0.382 e. The maximum absolute atomic E-state index is 5.55. The number of ether oxygens (including phenoxy) is 1. The molecular formula is C19H25N5OS. The largest absolute Gasteiger partial charge is 0.382 e. The Bertz CT molecular complexity index is 894. The molecule has 6 nitrogen and oxygen atoms in total. The van der Waals surface area contributed by atoms with Gasteiger partial charge < -0.3 is 20.3 Å². The van der Waals surface area contributed by atoms with Crippen LogP contribution in [-0.2, 0) is 4.74 Å². The van der Waals surface area contributed by atoms with Crippen LogP contribution in [0.1, 0.15) is 24.0 Å². The number of thiazole rings is 1. The summed E-state index contributed by atoms with van der Waals surface area (Å²) >= 11 is 1.70. The van der Waals surface area contributed by atoms with Gasteiger partial charge in [0.15, 0.2) is 0 Å². The van der Waals surface area contributed by atoms with Crippen molar-refractivity contribution in [3.8, 4) is 0 Å². The summed E-state index contributed by atoms with van der Waals surface area (Å²) in [7, 11) is 0. The van der Waals surface area contributed by atoms with Crippen molar-refractivity contribution < 1.29 is 4.74 Å². The quantitative estimate of drug-likeness (QED) is 0.761. The highest BCUT2D eigenvalue weighted by molar-refractivity contribution is 7.16. The van der Waals surface area contributed by atoms with Gasteiger partial charge in [-0.3, -0.25) is 4.98 Å². The highest BCUT2D eigenvalue weighted by Crippen LogP contribution is 2.31. The first kappa shape index (κ1) is 17.5. The van der Waals surface area contributed by atoms with Crippen molar-refractivity contribution in [2.45, 2.75) is 26.3 Å². The van der Waals surface area contributed by atoms with E-state index in [0.717, 1.165) is 71.2 Å². The second-order valence-corrected chi connectivity index (χ2v) is 7.77. The zero-order valence-electron chi connectivity index (χ0n) is 15.3. The van der Waals surface area contributed by atoms with Gasteiger partial charge in [-0.15, -0.1) is 11.3 Å². The van der Waals surface area contributed by atoms with Crippen molar-refractivity contribution in [2.75, 3.05) is 38.2 Å². The number of pyridine rings is 1. The third-order valence-corrected chi connectivity index (χ3v) is 5.67. The number of aromatic nitrogens is 2. The number of anilines is 1. The molecule has 4 rings (SSSR count). The summed E-state index contributed by atoms with van der Waals surface area (Å²) in [5.41, 5.74) is 2.16. The van der Waals surface area contributed by atoms with Crippen LogP contribution in [0.25, 0.3) is 11.9 Å². The minimum atomic E-state index is 0.415. The summed E-state index contributed by atoms with van der Waals surface area (Å²) < 4.78 is 5.55. The lowest BCUT2D eigenvalue weighted by atomic mass is 10.1. The van der Waals surface area contributed by atoms with E-state index in [1.807, 2.05) is 25.4 Å². The first-order valence-electron chi connectivity index (χ1n) is 9.22. The number of hydrogen-bond donors (Lipinski definition) is 2. The monoisotopic (exact) mass is 371 g/mol. The van der Waals surface area contributed by atoms with Crippen molar-refractivity contribution in [1.29, 1.82) is 0 Å². The van der Waals surface area contributed by atoms with E-state index in [2.05, 4.69) is 28.5 Å². The van der Waals surface area contributed by atoms with Crippen LogP contribution in [-0.4, -0.2) is 53.8 Å². The van der Waals surface area contributed by atoms with Gasteiger partial charge in [0, 0.05) is 56.5 Å². The smallest absolute Gasteiger partial charge is 0.124 e. The zero-order chi connectivity index (χ0) is 17.9. The minimum absolute atomic E-state index is 0.415. The predicted molar refractivity (Wildman–Crippen MR) is 105 cm³/mol. The number of aryl methyl sites for hydroxylation is 1. The average Bonchev–Trinajstić information content (AvgIpc) is 2.95. The molecule has 2 aliphatic rings. The Balaban J connectivity index is 1.73. The molecule has 1 atom stereocenters. The SMILES string of the molecule is CCOCCC1CN(C2=c3ncccc3=CNc3sc(C)nc32)CCN1. The standard InChI is InChI=1S/C19H25N5OS/c1-3-25-10-6-15-12-24(9-8-20-15)18-16-14(5-4-7-21-16)11-22-19-17(18)23-13(2)26-19/h4-5,7,11,15,20,22H,3,6,8-10,12H2,1-2H3. The maximum atomic E-state index is 5.55. The molecule has 26 heavy (non-hydrogen) atoms. The molecule has 7 heteroatoms. The molecular weight excluding hydrogens is 346 g/mol. The van der Waals surface area contributed by atoms with Gasteiger partial charge in [-0.05, 0) is 32.4 Å². The van der Waals surface area contributed by atoms with Gasteiger partial charge in [0.2, 0.25) is 0 Å². The molecule has 0 saturated carbocycles. The van der Waals surface area contributed by atoms with Crippen LogP contribution in [0, 0.1) is 6.92 Å². The Morgan fingerprint density at radius 3 is 3.23 bits per heavy atom. The molecule has 138 valence electrons. The molecule has 0 bridgehead atoms. The fourth-order valence-electron chi connectivity index (χ4n) is 3.56. The van der Waals surface area contributed by atoms with Gasteiger partial charge in [0.1, 0.15) is 10.7 Å². The Morgan fingerprint density at radius 1 is 1.42 bits per heavy atom. The van der Waals surface area contributed by atoms with Gasteiger partial charge >= 0.3 is 0 Å². The van der Waals surface area contributed by atoms with Crippen LogP contribution >= 0.6 is 11.3 Å². The number of nitrogens with zero attached hydrogens (tertiary/aromatic N) is 3. The lowest BCUT2D eigenvalue weighted by molar-refractivity contribution is 0.127. The first-order chi connectivity index (χ1) is 12.8. The molecule has 0 radical (unpaired) electrons. The normalized spacial score (nSPS) is 19.2. The van der Waals surface area contributed by atoms with Crippen LogP contribution < -0.4 is 21.2 Å². The summed E-state index contributed by atoms with van der Waals surface area (Å²) in [6.07, 6.45) is 4.92. The third-order valence-electron chi connectivity index (χ3n) is 4.77. The molecule has 2 aromatic heterocycles. The molecule has 1 saturated heterocycles. The summed E-state index contributed by atoms with van der Waals surface area (Å²) in [4.78, 5) is 12.0. The van der Waals surface area contributed by atoms with E-state index in [-0.39, 0.29) is 0 Å². The van der Waals surface area contributed by atoms with Crippen LogP contribution in [0.2, 0.25) is 0 Å². The molecule has 0 spiro atoms. The zero-order valence-corrected chi connectivity index (χ0v) is 16.1. The van der Waals surface area contributed by atoms with Crippen LogP contribution in [0.5, 0.6) is 0 Å². The van der Waals surface area contributed by atoms with E-state index in [0.29, 0.717) is 6.04 Å². The highest BCUT2D eigenvalue weighted by Gasteiger charge is 2.27. The van der Waals surface area contributed by atoms with Crippen LogP contribution in [0.4, 0.5) is 5.00 Å². The topological polar surface area (TPSA) is 62.3 Å². The first-order valence-corrected chi connectivity index (χ1v) is 10.0. The number of nitrogens with one attached hydrogen (secondary N) is 2. The number of rotatable bonds is 5. The molecule has 2 aromatic rings. The molecule has 1 fully saturated rings. The molecule has 0 aliphatic carbocycles. The van der Waals surface area contributed by atoms with Gasteiger partial charge in [-0.2, -0.15) is 0 Å². The Hall–Kier alpha value is -1.96. The van der Waals surface area contributed by atoms with Crippen molar-refractivity contribution in [3.63, 3.8) is 0 Å². The lowest BCUT2D eigenvalue weighted by Crippen LogP contribution is -2.52. The second-order valence-electron chi connectivity index (χ2n) is 6.57. The van der Waals surface area contributed by atoms with Crippen LogP contribution in [0.3, 0.4) is 0 Å². The van der Waals surface area contributed by atoms with Crippen molar-refractivity contribution in [1.82, 2.24) is 20.2 Å². The van der Waals surface area contributed by atoms with Crippen molar-refractivity contribution in [3.05, 3.63) is 39.6 Å². The lowest BCUT2D eigenvalue weighted by Gasteiger charge is -2.36. The Labute approximate surface area is 157 Å². The van der Waals surface area contributed by atoms with Gasteiger partial charge in [0.25, 0.3) is 0 Å². The van der Waals surface area contributed by atoms with Crippen molar-refractivity contribution >= 4 is 28.2 Å². The average molecular weight is 372 g/mol. The van der Waals surface area contributed by atoms with E-state index < -0.39 is 0 Å². The molecule has 0 aromatic carbocycles. The number of fused-ring (bicyclic) bond motifs is 2. The second kappa shape index (κ2) is 7.73. The number of piperazine rings is 1. The van der Waals surface area contributed by atoms with Crippen LogP contribution in [0.15, 0.2) is 18.3 Å². The summed E-state index contributed by atoms with van der Waals surface area (Å²) in [6, 6.07) is 4.50. The van der Waals surface area contributed by atoms with E-state index >= 15 is 0 Å². The molecule has 2 N–H and O–H groups in total. The van der Waals surface area contributed by atoms with E-state index in [1.54, 1.807) is 11.3 Å². The van der Waals surface area contributed by atoms with E-state index in [1.165, 1.54) is 0 Å². The Morgan fingerprint density at radius 2 is 2.35 bits per heavy atom. The fraction of sp³-hybridized carbons (Fsp3) is 0.474. The van der Waals surface area contributed by atoms with Gasteiger partial charge in [0.05, 0.1) is 16.1 Å². The maximum Gasteiger partial charge on any atom is 0.124 e. The summed E-state index contributed by atoms with van der Waals surface area (Å²) in [6.45, 7) is 8.51. The predicted octanol–water partition coefficient (Wildman–Crippen LogP) is 0.867. The van der Waals surface area contributed by atoms with E-state index in [4.69, 9.17) is 14.7 Å². The molecule has 0 amide bonds. The van der Waals surface area contributed by atoms with E-state index in [9.17, 15) is 0 Å². The molecule has 1 unspecified atom stereocenters. The third kappa shape index (κ3) is 3.47. The number of hydrogen-bond acceptors (Lipinski definition) is 7. The molecule has 4 heterocycles. The van der Waals surface area contributed by atoms with Gasteiger partial charge in [-0.1, -0.05) is 0 Å². The van der Waals surface area contributed by atoms with Crippen molar-refractivity contribution in [2.24, 2.45) is 0 Å². The highest BCUT2D eigenvalue weighted by atomic mass is 32.1. The fourth-order valence-corrected chi connectivity index (χ4v) is 4.35. The van der Waals surface area contributed by atoms with Gasteiger partial charge in [-0.25, -0.2) is 4.98 Å².